The summed E-state index contributed by atoms with van der Waals surface area (Å²) in [7, 11) is 0. The Morgan fingerprint density at radius 2 is 2.50 bits per heavy atom. The van der Waals surface area contributed by atoms with E-state index in [2.05, 4.69) is 10.1 Å². The van der Waals surface area contributed by atoms with Crippen molar-refractivity contribution in [3.8, 4) is 0 Å². The van der Waals surface area contributed by atoms with Gasteiger partial charge in [0.15, 0.2) is 5.82 Å². The second kappa shape index (κ2) is 4.31. The van der Waals surface area contributed by atoms with E-state index in [0.717, 1.165) is 18.1 Å². The summed E-state index contributed by atoms with van der Waals surface area (Å²) in [5.41, 5.74) is 5.67. The van der Waals surface area contributed by atoms with Crippen molar-refractivity contribution in [1.29, 1.82) is 0 Å². The molecule has 78 valence electrons. The highest BCUT2D eigenvalue weighted by atomic mass is 32.2. The van der Waals surface area contributed by atoms with Gasteiger partial charge in [0.2, 0.25) is 5.89 Å². The first-order valence-corrected chi connectivity index (χ1v) is 6.09. The van der Waals surface area contributed by atoms with E-state index in [4.69, 9.17) is 10.3 Å². The van der Waals surface area contributed by atoms with Crippen LogP contribution in [0.15, 0.2) is 4.52 Å². The maximum Gasteiger partial charge on any atom is 0.230 e. The van der Waals surface area contributed by atoms with E-state index in [9.17, 15) is 0 Å². The molecule has 1 aliphatic rings. The summed E-state index contributed by atoms with van der Waals surface area (Å²) in [5.74, 6) is 4.18. The van der Waals surface area contributed by atoms with E-state index in [-0.39, 0.29) is 6.04 Å². The molecular formula is C9H15N3OS. The van der Waals surface area contributed by atoms with Crippen LogP contribution in [0.1, 0.15) is 43.4 Å². The summed E-state index contributed by atoms with van der Waals surface area (Å²) in [5, 5.41) is 3.87. The van der Waals surface area contributed by atoms with Crippen LogP contribution < -0.4 is 5.73 Å². The van der Waals surface area contributed by atoms with Crippen LogP contribution in [0.25, 0.3) is 0 Å². The van der Waals surface area contributed by atoms with Crippen molar-refractivity contribution in [2.24, 2.45) is 5.73 Å². The Kier molecular flexibility index (Phi) is 3.08. The molecular weight excluding hydrogens is 198 g/mol. The van der Waals surface area contributed by atoms with E-state index in [1.165, 1.54) is 12.2 Å². The van der Waals surface area contributed by atoms with E-state index < -0.39 is 0 Å². The second-order valence-corrected chi connectivity index (χ2v) is 4.84. The zero-order valence-corrected chi connectivity index (χ0v) is 9.09. The van der Waals surface area contributed by atoms with Gasteiger partial charge >= 0.3 is 0 Å². The molecule has 0 spiro atoms. The van der Waals surface area contributed by atoms with Crippen molar-refractivity contribution < 1.29 is 4.52 Å². The summed E-state index contributed by atoms with van der Waals surface area (Å²) in [6.45, 7) is 1.87. The van der Waals surface area contributed by atoms with Gasteiger partial charge in [0.25, 0.3) is 0 Å². The fourth-order valence-corrected chi connectivity index (χ4v) is 2.66. The standard InChI is InChI=1S/C9H15N3OS/c1-6(10)8-11-9(13-12-8)7-3-2-4-14-5-7/h6-7H,2-5,10H2,1H3. The molecule has 1 aliphatic heterocycles. The molecule has 0 aliphatic carbocycles. The molecule has 1 aromatic heterocycles. The number of hydrogen-bond donors (Lipinski definition) is 1. The van der Waals surface area contributed by atoms with Crippen LogP contribution in [-0.2, 0) is 0 Å². The first-order valence-electron chi connectivity index (χ1n) is 4.94. The quantitative estimate of drug-likeness (QED) is 0.810. The molecule has 14 heavy (non-hydrogen) atoms. The normalized spacial score (nSPS) is 24.9. The maximum absolute atomic E-state index is 5.67. The Balaban J connectivity index is 2.07. The Morgan fingerprint density at radius 1 is 1.64 bits per heavy atom. The van der Waals surface area contributed by atoms with Gasteiger partial charge in [-0.15, -0.1) is 0 Å². The zero-order valence-electron chi connectivity index (χ0n) is 8.27. The number of aromatic nitrogens is 2. The van der Waals surface area contributed by atoms with Crippen LogP contribution in [0.3, 0.4) is 0 Å². The third-order valence-electron chi connectivity index (χ3n) is 2.37. The number of nitrogens with zero attached hydrogens (tertiary/aromatic N) is 2. The number of hydrogen-bond acceptors (Lipinski definition) is 5. The first-order chi connectivity index (χ1) is 6.77. The van der Waals surface area contributed by atoms with Gasteiger partial charge in [0, 0.05) is 11.7 Å². The molecule has 4 nitrogen and oxygen atoms in total. The average molecular weight is 213 g/mol. The Hall–Kier alpha value is -0.550. The second-order valence-electron chi connectivity index (χ2n) is 3.69. The molecule has 1 aromatic rings. The fourth-order valence-electron chi connectivity index (χ4n) is 1.53. The average Bonchev–Trinajstić information content (AvgIpc) is 2.68. The highest BCUT2D eigenvalue weighted by Crippen LogP contribution is 2.30. The lowest BCUT2D eigenvalue weighted by Gasteiger charge is -2.16. The van der Waals surface area contributed by atoms with Crippen molar-refractivity contribution in [2.45, 2.75) is 31.7 Å². The monoisotopic (exact) mass is 213 g/mol. The van der Waals surface area contributed by atoms with Crippen molar-refractivity contribution >= 4 is 11.8 Å². The van der Waals surface area contributed by atoms with E-state index in [1.807, 2.05) is 18.7 Å². The first kappa shape index (κ1) is 9.98. The van der Waals surface area contributed by atoms with E-state index in [1.54, 1.807) is 0 Å². The van der Waals surface area contributed by atoms with Crippen LogP contribution >= 0.6 is 11.8 Å². The minimum Gasteiger partial charge on any atom is -0.339 e. The zero-order chi connectivity index (χ0) is 9.97. The molecule has 2 heterocycles. The Morgan fingerprint density at radius 3 is 3.07 bits per heavy atom. The topological polar surface area (TPSA) is 64.9 Å². The van der Waals surface area contributed by atoms with Crippen LogP contribution in [0.2, 0.25) is 0 Å². The number of rotatable bonds is 2. The Labute approximate surface area is 87.6 Å². The molecule has 0 amide bonds. The smallest absolute Gasteiger partial charge is 0.230 e. The summed E-state index contributed by atoms with van der Waals surface area (Å²) in [6.07, 6.45) is 2.40. The third kappa shape index (κ3) is 2.09. The minimum atomic E-state index is -0.135. The van der Waals surface area contributed by atoms with E-state index >= 15 is 0 Å². The Bertz CT molecular complexity index is 294. The molecule has 2 atom stereocenters. The lowest BCUT2D eigenvalue weighted by Crippen LogP contribution is -2.10. The molecule has 0 bridgehead atoms. The summed E-state index contributed by atoms with van der Waals surface area (Å²) in [6, 6.07) is -0.135. The minimum absolute atomic E-state index is 0.135. The SMILES string of the molecule is CC(N)c1noc(C2CCCSC2)n1. The predicted octanol–water partition coefficient (Wildman–Crippen LogP) is 1.70. The lowest BCUT2D eigenvalue weighted by molar-refractivity contribution is 0.348. The van der Waals surface area contributed by atoms with Gasteiger partial charge in [0.1, 0.15) is 0 Å². The molecule has 0 aromatic carbocycles. The largest absolute Gasteiger partial charge is 0.339 e. The van der Waals surface area contributed by atoms with Crippen molar-refractivity contribution in [1.82, 2.24) is 10.1 Å². The van der Waals surface area contributed by atoms with Crippen LogP contribution in [0.4, 0.5) is 0 Å². The highest BCUT2D eigenvalue weighted by Gasteiger charge is 2.22. The van der Waals surface area contributed by atoms with Gasteiger partial charge in [-0.05, 0) is 25.5 Å². The van der Waals surface area contributed by atoms with Crippen LogP contribution in [0, 0.1) is 0 Å². The van der Waals surface area contributed by atoms with Crippen molar-refractivity contribution in [3.63, 3.8) is 0 Å². The van der Waals surface area contributed by atoms with Gasteiger partial charge in [-0.2, -0.15) is 16.7 Å². The summed E-state index contributed by atoms with van der Waals surface area (Å²) >= 11 is 1.96. The molecule has 2 N–H and O–H groups in total. The maximum atomic E-state index is 5.67. The number of thioether (sulfide) groups is 1. The summed E-state index contributed by atoms with van der Waals surface area (Å²) in [4.78, 5) is 4.32. The van der Waals surface area contributed by atoms with Crippen molar-refractivity contribution in [2.75, 3.05) is 11.5 Å². The molecule has 2 rings (SSSR count). The molecule has 1 saturated heterocycles. The van der Waals surface area contributed by atoms with Gasteiger partial charge < -0.3 is 10.3 Å². The third-order valence-corrected chi connectivity index (χ3v) is 3.59. The predicted molar refractivity (Wildman–Crippen MR) is 56.2 cm³/mol. The van der Waals surface area contributed by atoms with Crippen LogP contribution in [-0.4, -0.2) is 21.6 Å². The highest BCUT2D eigenvalue weighted by molar-refractivity contribution is 7.99. The van der Waals surface area contributed by atoms with Gasteiger partial charge in [-0.3, -0.25) is 0 Å². The van der Waals surface area contributed by atoms with Gasteiger partial charge in [0.05, 0.1) is 6.04 Å². The molecule has 1 fully saturated rings. The fraction of sp³-hybridized carbons (Fsp3) is 0.778. The number of nitrogens with two attached hydrogens (primary N) is 1. The molecule has 0 radical (unpaired) electrons. The van der Waals surface area contributed by atoms with Gasteiger partial charge in [-0.25, -0.2) is 0 Å². The molecule has 0 saturated carbocycles. The van der Waals surface area contributed by atoms with Crippen molar-refractivity contribution in [3.05, 3.63) is 11.7 Å². The molecule has 2 unspecified atom stereocenters. The lowest BCUT2D eigenvalue weighted by atomic mass is 10.1. The molecule has 5 heteroatoms. The summed E-state index contributed by atoms with van der Waals surface area (Å²) < 4.78 is 5.21. The van der Waals surface area contributed by atoms with Crippen LogP contribution in [0.5, 0.6) is 0 Å². The van der Waals surface area contributed by atoms with E-state index in [0.29, 0.717) is 11.7 Å². The van der Waals surface area contributed by atoms with Gasteiger partial charge in [-0.1, -0.05) is 5.16 Å².